The predicted octanol–water partition coefficient (Wildman–Crippen LogP) is 4.61. The van der Waals surface area contributed by atoms with Gasteiger partial charge in [-0.1, -0.05) is 34.1 Å². The van der Waals surface area contributed by atoms with E-state index in [2.05, 4.69) is 21.2 Å². The summed E-state index contributed by atoms with van der Waals surface area (Å²) in [5, 5.41) is 3.21. The highest BCUT2D eigenvalue weighted by atomic mass is 79.9. The Balaban J connectivity index is 1.76. The lowest BCUT2D eigenvalue weighted by Crippen LogP contribution is -2.08. The molecule has 2 rings (SSSR count). The molecule has 0 saturated heterocycles. The molecule has 2 aromatic carbocycles. The molecular weight excluding hydrogens is 328 g/mol. The van der Waals surface area contributed by atoms with E-state index < -0.39 is 11.6 Å². The molecule has 0 spiro atoms. The summed E-state index contributed by atoms with van der Waals surface area (Å²) < 4.78 is 32.3. The van der Waals surface area contributed by atoms with Gasteiger partial charge in [-0.25, -0.2) is 4.39 Å². The highest BCUT2D eigenvalue weighted by molar-refractivity contribution is 9.10. The first kappa shape index (κ1) is 14.8. The van der Waals surface area contributed by atoms with Crippen LogP contribution in [0.1, 0.15) is 6.42 Å². The minimum absolute atomic E-state index is 0.0726. The summed E-state index contributed by atoms with van der Waals surface area (Å²) in [6.07, 6.45) is 0.683. The fourth-order valence-electron chi connectivity index (χ4n) is 1.68. The van der Waals surface area contributed by atoms with E-state index in [1.807, 2.05) is 30.3 Å². The molecule has 0 aliphatic carbocycles. The molecule has 0 aliphatic heterocycles. The van der Waals surface area contributed by atoms with Crippen molar-refractivity contribution in [2.24, 2.45) is 0 Å². The lowest BCUT2D eigenvalue weighted by Gasteiger charge is -2.09. The van der Waals surface area contributed by atoms with E-state index in [-0.39, 0.29) is 5.75 Å². The van der Waals surface area contributed by atoms with E-state index in [4.69, 9.17) is 4.74 Å². The molecule has 5 heteroatoms. The molecule has 106 valence electrons. The van der Waals surface area contributed by atoms with Crippen LogP contribution < -0.4 is 10.1 Å². The smallest absolute Gasteiger partial charge is 0.200 e. The number of hydrogen-bond donors (Lipinski definition) is 1. The first-order valence-electron chi connectivity index (χ1n) is 6.23. The van der Waals surface area contributed by atoms with Gasteiger partial charge < -0.3 is 10.1 Å². The van der Waals surface area contributed by atoms with Crippen molar-refractivity contribution in [2.45, 2.75) is 6.42 Å². The van der Waals surface area contributed by atoms with Crippen LogP contribution in [0.25, 0.3) is 0 Å². The van der Waals surface area contributed by atoms with Crippen molar-refractivity contribution in [1.82, 2.24) is 0 Å². The molecular formula is C15H14BrF2NO. The molecule has 0 atom stereocenters. The van der Waals surface area contributed by atoms with Crippen molar-refractivity contribution in [3.05, 3.63) is 58.6 Å². The summed E-state index contributed by atoms with van der Waals surface area (Å²) in [4.78, 5) is 0. The Labute approximate surface area is 124 Å². The number of nitrogens with one attached hydrogen (secondary N) is 1. The van der Waals surface area contributed by atoms with Gasteiger partial charge >= 0.3 is 0 Å². The van der Waals surface area contributed by atoms with Crippen molar-refractivity contribution >= 4 is 21.6 Å². The van der Waals surface area contributed by atoms with Gasteiger partial charge in [-0.05, 0) is 30.7 Å². The summed E-state index contributed by atoms with van der Waals surface area (Å²) >= 11 is 3.10. The fraction of sp³-hybridized carbons (Fsp3) is 0.200. The van der Waals surface area contributed by atoms with Crippen molar-refractivity contribution < 1.29 is 13.5 Å². The fourth-order valence-corrected chi connectivity index (χ4v) is 2.09. The summed E-state index contributed by atoms with van der Waals surface area (Å²) in [7, 11) is 0. The van der Waals surface area contributed by atoms with Crippen LogP contribution in [0, 0.1) is 11.6 Å². The SMILES string of the molecule is Fc1cc(Br)cc(OCCCNc2ccccc2)c1F. The molecule has 0 bridgehead atoms. The van der Waals surface area contributed by atoms with E-state index in [1.165, 1.54) is 6.07 Å². The van der Waals surface area contributed by atoms with Crippen LogP contribution in [0.3, 0.4) is 0 Å². The zero-order valence-electron chi connectivity index (χ0n) is 10.7. The van der Waals surface area contributed by atoms with E-state index in [0.717, 1.165) is 11.8 Å². The molecule has 0 unspecified atom stereocenters. The maximum atomic E-state index is 13.4. The zero-order chi connectivity index (χ0) is 14.4. The maximum Gasteiger partial charge on any atom is 0.200 e. The number of anilines is 1. The molecule has 0 amide bonds. The Morgan fingerprint density at radius 3 is 2.60 bits per heavy atom. The van der Waals surface area contributed by atoms with Gasteiger partial charge in [0.05, 0.1) is 6.61 Å². The molecule has 0 aliphatic rings. The summed E-state index contributed by atoms with van der Waals surface area (Å²) in [5.74, 6) is -1.95. The second kappa shape index (κ2) is 7.24. The maximum absolute atomic E-state index is 13.4. The van der Waals surface area contributed by atoms with Crippen LogP contribution in [0.5, 0.6) is 5.75 Å². The van der Waals surface area contributed by atoms with E-state index >= 15 is 0 Å². The normalized spacial score (nSPS) is 10.3. The summed E-state index contributed by atoms with van der Waals surface area (Å²) in [5.41, 5.74) is 1.02. The molecule has 0 fully saturated rings. The average Bonchev–Trinajstić information content (AvgIpc) is 2.44. The minimum atomic E-state index is -0.954. The second-order valence-electron chi connectivity index (χ2n) is 4.19. The van der Waals surface area contributed by atoms with Crippen molar-refractivity contribution in [3.63, 3.8) is 0 Å². The van der Waals surface area contributed by atoms with Crippen LogP contribution in [0.2, 0.25) is 0 Å². The van der Waals surface area contributed by atoms with Gasteiger partial charge in [0.15, 0.2) is 11.6 Å². The van der Waals surface area contributed by atoms with Gasteiger partial charge in [-0.15, -0.1) is 0 Å². The second-order valence-corrected chi connectivity index (χ2v) is 5.11. The van der Waals surface area contributed by atoms with E-state index in [1.54, 1.807) is 0 Å². The summed E-state index contributed by atoms with van der Waals surface area (Å²) in [6, 6.07) is 12.2. The van der Waals surface area contributed by atoms with Gasteiger partial charge in [0.25, 0.3) is 0 Å². The average molecular weight is 342 g/mol. The number of para-hydroxylation sites is 1. The number of benzene rings is 2. The first-order valence-corrected chi connectivity index (χ1v) is 7.02. The van der Waals surface area contributed by atoms with Crippen molar-refractivity contribution in [1.29, 1.82) is 0 Å². The molecule has 0 saturated carbocycles. The van der Waals surface area contributed by atoms with Gasteiger partial charge in [0.1, 0.15) is 0 Å². The minimum Gasteiger partial charge on any atom is -0.490 e. The Morgan fingerprint density at radius 2 is 1.85 bits per heavy atom. The van der Waals surface area contributed by atoms with Crippen LogP contribution in [-0.4, -0.2) is 13.2 Å². The third-order valence-electron chi connectivity index (χ3n) is 2.64. The Bertz CT molecular complexity index is 563. The number of hydrogen-bond acceptors (Lipinski definition) is 2. The van der Waals surface area contributed by atoms with Crippen molar-refractivity contribution in [3.8, 4) is 5.75 Å². The topological polar surface area (TPSA) is 21.3 Å². The molecule has 2 aromatic rings. The monoisotopic (exact) mass is 341 g/mol. The van der Waals surface area contributed by atoms with E-state index in [9.17, 15) is 8.78 Å². The van der Waals surface area contributed by atoms with Gasteiger partial charge in [0.2, 0.25) is 5.82 Å². The molecule has 1 N–H and O–H groups in total. The van der Waals surface area contributed by atoms with Crippen LogP contribution in [0.15, 0.2) is 46.9 Å². The van der Waals surface area contributed by atoms with Gasteiger partial charge in [-0.3, -0.25) is 0 Å². The van der Waals surface area contributed by atoms with Crippen LogP contribution >= 0.6 is 15.9 Å². The third kappa shape index (κ3) is 4.20. The molecule has 2 nitrogen and oxygen atoms in total. The highest BCUT2D eigenvalue weighted by Crippen LogP contribution is 2.25. The Hall–Kier alpha value is -1.62. The Morgan fingerprint density at radius 1 is 1.10 bits per heavy atom. The first-order chi connectivity index (χ1) is 9.66. The van der Waals surface area contributed by atoms with Gasteiger partial charge in [0, 0.05) is 16.7 Å². The predicted molar refractivity (Wildman–Crippen MR) is 79.1 cm³/mol. The lowest BCUT2D eigenvalue weighted by molar-refractivity contribution is 0.293. The summed E-state index contributed by atoms with van der Waals surface area (Å²) in [6.45, 7) is 1.01. The molecule has 20 heavy (non-hydrogen) atoms. The zero-order valence-corrected chi connectivity index (χ0v) is 12.3. The lowest BCUT2D eigenvalue weighted by atomic mass is 10.3. The third-order valence-corrected chi connectivity index (χ3v) is 3.10. The van der Waals surface area contributed by atoms with Crippen molar-refractivity contribution in [2.75, 3.05) is 18.5 Å². The number of halogens is 3. The van der Waals surface area contributed by atoms with Crippen LogP contribution in [0.4, 0.5) is 14.5 Å². The molecule has 0 radical (unpaired) electrons. The highest BCUT2D eigenvalue weighted by Gasteiger charge is 2.10. The quantitative estimate of drug-likeness (QED) is 0.612. The largest absolute Gasteiger partial charge is 0.490 e. The molecule has 0 heterocycles. The molecule has 0 aromatic heterocycles. The number of rotatable bonds is 6. The van der Waals surface area contributed by atoms with E-state index in [0.29, 0.717) is 24.0 Å². The van der Waals surface area contributed by atoms with Gasteiger partial charge in [-0.2, -0.15) is 4.39 Å². The Kier molecular flexibility index (Phi) is 5.35. The standard InChI is InChI=1S/C15H14BrF2NO/c16-11-9-13(17)15(18)14(10-11)20-8-4-7-19-12-5-2-1-3-6-12/h1-3,5-6,9-10,19H,4,7-8H2. The number of ether oxygens (including phenoxy) is 1. The van der Waals surface area contributed by atoms with Crippen LogP contribution in [-0.2, 0) is 0 Å².